The summed E-state index contributed by atoms with van der Waals surface area (Å²) in [7, 11) is 0. The van der Waals surface area contributed by atoms with Crippen molar-refractivity contribution in [1.29, 1.82) is 0 Å². The lowest BCUT2D eigenvalue weighted by atomic mass is 10.3. The molecule has 0 aliphatic heterocycles. The smallest absolute Gasteiger partial charge is 0.221 e. The highest BCUT2D eigenvalue weighted by atomic mass is 35.5. The van der Waals surface area contributed by atoms with Gasteiger partial charge in [0.1, 0.15) is 5.82 Å². The molecule has 0 aliphatic rings. The molecule has 94 valence electrons. The Balaban J connectivity index is 2.33. The van der Waals surface area contributed by atoms with Crippen LogP contribution >= 0.6 is 11.6 Å². The highest BCUT2D eigenvalue weighted by Crippen LogP contribution is 2.18. The maximum atomic E-state index is 11.3. The van der Waals surface area contributed by atoms with E-state index in [1.165, 1.54) is 6.20 Å². The maximum Gasteiger partial charge on any atom is 0.221 e. The Morgan fingerprint density at radius 1 is 1.53 bits per heavy atom. The number of anilines is 2. The summed E-state index contributed by atoms with van der Waals surface area (Å²) in [4.78, 5) is 15.3. The lowest BCUT2D eigenvalue weighted by Crippen LogP contribution is -2.26. The molecule has 0 aromatic carbocycles. The Morgan fingerprint density at radius 3 is 2.94 bits per heavy atom. The minimum atomic E-state index is 0.0203. The number of carbonyl (C=O) groups excluding carboxylic acids is 1. The van der Waals surface area contributed by atoms with Crippen molar-refractivity contribution in [3.8, 4) is 0 Å². The lowest BCUT2D eigenvalue weighted by molar-refractivity contribution is -0.120. The molecule has 0 unspecified atom stereocenters. The number of hydrogen-bond acceptors (Lipinski definition) is 4. The van der Waals surface area contributed by atoms with Gasteiger partial charge in [0.2, 0.25) is 5.91 Å². The summed E-state index contributed by atoms with van der Waals surface area (Å²) >= 11 is 5.72. The van der Waals surface area contributed by atoms with Gasteiger partial charge in [0, 0.05) is 25.7 Å². The minimum absolute atomic E-state index is 0.0203. The van der Waals surface area contributed by atoms with E-state index < -0.39 is 0 Å². The molecule has 5 nitrogen and oxygen atoms in total. The molecule has 0 bridgehead atoms. The topological polar surface area (TPSA) is 80.0 Å². The molecule has 1 rings (SSSR count). The van der Waals surface area contributed by atoms with Crippen molar-refractivity contribution in [3.05, 3.63) is 17.3 Å². The summed E-state index contributed by atoms with van der Waals surface area (Å²) < 4.78 is 0. The van der Waals surface area contributed by atoms with Crippen LogP contribution in [-0.4, -0.2) is 24.0 Å². The molecule has 0 spiro atoms. The summed E-state index contributed by atoms with van der Waals surface area (Å²) in [5.74, 6) is 0.574. The lowest BCUT2D eigenvalue weighted by Gasteiger charge is -2.08. The fourth-order valence-corrected chi connectivity index (χ4v) is 1.42. The molecular formula is C11H17ClN4O. The molecule has 0 aliphatic carbocycles. The number of nitrogen functional groups attached to an aromatic ring is 1. The predicted octanol–water partition coefficient (Wildman–Crippen LogP) is 1.65. The van der Waals surface area contributed by atoms with Gasteiger partial charge >= 0.3 is 0 Å². The Morgan fingerprint density at radius 2 is 2.29 bits per heavy atom. The Kier molecular flexibility index (Phi) is 5.56. The zero-order valence-corrected chi connectivity index (χ0v) is 10.5. The Bertz CT molecular complexity index is 384. The van der Waals surface area contributed by atoms with Crippen LogP contribution in [0.4, 0.5) is 11.5 Å². The van der Waals surface area contributed by atoms with Gasteiger partial charge in [-0.25, -0.2) is 4.98 Å². The Labute approximate surface area is 106 Å². The molecule has 17 heavy (non-hydrogen) atoms. The number of amides is 1. The third-order valence-electron chi connectivity index (χ3n) is 2.10. The van der Waals surface area contributed by atoms with Gasteiger partial charge in [0.05, 0.1) is 10.7 Å². The monoisotopic (exact) mass is 256 g/mol. The van der Waals surface area contributed by atoms with Gasteiger partial charge in [-0.15, -0.1) is 0 Å². The van der Waals surface area contributed by atoms with Crippen molar-refractivity contribution < 1.29 is 4.79 Å². The molecule has 1 aromatic heterocycles. The Hall–Kier alpha value is -1.49. The first-order chi connectivity index (χ1) is 8.13. The molecule has 6 heteroatoms. The van der Waals surface area contributed by atoms with E-state index in [0.717, 1.165) is 6.42 Å². The number of nitrogens with zero attached hydrogens (tertiary/aromatic N) is 1. The van der Waals surface area contributed by atoms with E-state index in [4.69, 9.17) is 17.3 Å². The number of aromatic nitrogens is 1. The molecule has 0 saturated heterocycles. The summed E-state index contributed by atoms with van der Waals surface area (Å²) in [6.07, 6.45) is 2.84. The van der Waals surface area contributed by atoms with Crippen LogP contribution < -0.4 is 16.4 Å². The second-order valence-corrected chi connectivity index (χ2v) is 4.05. The van der Waals surface area contributed by atoms with E-state index in [0.29, 0.717) is 36.0 Å². The number of hydrogen-bond donors (Lipinski definition) is 3. The van der Waals surface area contributed by atoms with E-state index in [9.17, 15) is 4.79 Å². The normalized spacial score (nSPS) is 10.0. The fourth-order valence-electron chi connectivity index (χ4n) is 1.25. The number of halogens is 1. The highest BCUT2D eigenvalue weighted by Gasteiger charge is 2.03. The number of rotatable bonds is 6. The summed E-state index contributed by atoms with van der Waals surface area (Å²) in [6, 6.07) is 1.62. The minimum Gasteiger partial charge on any atom is -0.396 e. The van der Waals surface area contributed by atoms with Crippen molar-refractivity contribution in [2.75, 3.05) is 24.1 Å². The average molecular weight is 257 g/mol. The van der Waals surface area contributed by atoms with Crippen molar-refractivity contribution in [3.63, 3.8) is 0 Å². The molecule has 1 aromatic rings. The molecule has 0 saturated carbocycles. The first-order valence-electron chi connectivity index (χ1n) is 5.55. The van der Waals surface area contributed by atoms with Crippen LogP contribution in [-0.2, 0) is 4.79 Å². The van der Waals surface area contributed by atoms with E-state index in [2.05, 4.69) is 15.6 Å². The maximum absolute atomic E-state index is 11.3. The van der Waals surface area contributed by atoms with E-state index in [1.54, 1.807) is 6.07 Å². The molecule has 4 N–H and O–H groups in total. The van der Waals surface area contributed by atoms with Crippen LogP contribution in [0.15, 0.2) is 12.3 Å². The van der Waals surface area contributed by atoms with Gasteiger partial charge in [-0.3, -0.25) is 4.79 Å². The average Bonchev–Trinajstić information content (AvgIpc) is 2.29. The molecule has 0 atom stereocenters. The number of nitrogens with two attached hydrogens (primary N) is 1. The van der Waals surface area contributed by atoms with E-state index in [1.807, 2.05) is 6.92 Å². The number of carbonyl (C=O) groups is 1. The molecule has 1 heterocycles. The van der Waals surface area contributed by atoms with Gasteiger partial charge in [-0.2, -0.15) is 0 Å². The van der Waals surface area contributed by atoms with Gasteiger partial charge in [-0.1, -0.05) is 18.5 Å². The summed E-state index contributed by atoms with van der Waals surface area (Å²) in [5.41, 5.74) is 6.19. The predicted molar refractivity (Wildman–Crippen MR) is 70.1 cm³/mol. The zero-order valence-electron chi connectivity index (χ0n) is 9.79. The number of pyridine rings is 1. The van der Waals surface area contributed by atoms with Gasteiger partial charge in [0.25, 0.3) is 0 Å². The van der Waals surface area contributed by atoms with Crippen LogP contribution in [0.3, 0.4) is 0 Å². The van der Waals surface area contributed by atoms with Gasteiger partial charge < -0.3 is 16.4 Å². The second-order valence-electron chi connectivity index (χ2n) is 3.62. The van der Waals surface area contributed by atoms with Crippen LogP contribution in [0.25, 0.3) is 0 Å². The largest absolute Gasteiger partial charge is 0.396 e. The SMILES string of the molecule is CCCNC(=O)CCNc1ncc(Cl)cc1N. The first kappa shape index (κ1) is 13.6. The second kappa shape index (κ2) is 6.96. The fraction of sp³-hybridized carbons (Fsp3) is 0.455. The van der Waals surface area contributed by atoms with Crippen molar-refractivity contribution in [2.45, 2.75) is 19.8 Å². The van der Waals surface area contributed by atoms with Crippen LogP contribution in [0, 0.1) is 0 Å². The van der Waals surface area contributed by atoms with E-state index in [-0.39, 0.29) is 5.91 Å². The number of nitrogens with one attached hydrogen (secondary N) is 2. The summed E-state index contributed by atoms with van der Waals surface area (Å²) in [6.45, 7) is 3.21. The third kappa shape index (κ3) is 4.91. The first-order valence-corrected chi connectivity index (χ1v) is 5.93. The van der Waals surface area contributed by atoms with Crippen LogP contribution in [0.5, 0.6) is 0 Å². The third-order valence-corrected chi connectivity index (χ3v) is 2.31. The quantitative estimate of drug-likeness (QED) is 0.723. The van der Waals surface area contributed by atoms with Crippen LogP contribution in [0.2, 0.25) is 5.02 Å². The highest BCUT2D eigenvalue weighted by molar-refractivity contribution is 6.30. The molecule has 1 amide bonds. The van der Waals surface area contributed by atoms with Gasteiger partial charge in [-0.05, 0) is 12.5 Å². The standard InChI is InChI=1S/C11H17ClN4O/c1-2-4-14-10(17)3-5-15-11-9(13)6-8(12)7-16-11/h6-7H,2-5,13H2,1H3,(H,14,17)(H,15,16). The molecular weight excluding hydrogens is 240 g/mol. The summed E-state index contributed by atoms with van der Waals surface area (Å²) in [5, 5.41) is 6.28. The van der Waals surface area contributed by atoms with Crippen molar-refractivity contribution in [2.24, 2.45) is 0 Å². The zero-order chi connectivity index (χ0) is 12.7. The van der Waals surface area contributed by atoms with E-state index >= 15 is 0 Å². The van der Waals surface area contributed by atoms with Crippen molar-refractivity contribution in [1.82, 2.24) is 10.3 Å². The van der Waals surface area contributed by atoms with Crippen molar-refractivity contribution >= 4 is 29.0 Å². The van der Waals surface area contributed by atoms with Gasteiger partial charge in [0.15, 0.2) is 0 Å². The van der Waals surface area contributed by atoms with Crippen LogP contribution in [0.1, 0.15) is 19.8 Å². The molecule has 0 fully saturated rings. The molecule has 0 radical (unpaired) electrons.